The highest BCUT2D eigenvalue weighted by Gasteiger charge is 2.40. The molecule has 3 rings (SSSR count). The molecular formula is C16H14F5N3O. The predicted octanol–water partition coefficient (Wildman–Crippen LogP) is 3.73. The Morgan fingerprint density at radius 2 is 1.84 bits per heavy atom. The number of hydrogen-bond acceptors (Lipinski definition) is 2. The van der Waals surface area contributed by atoms with E-state index in [1.54, 1.807) is 0 Å². The lowest BCUT2D eigenvalue weighted by Gasteiger charge is -2.33. The van der Waals surface area contributed by atoms with Crippen molar-refractivity contribution in [2.24, 2.45) is 0 Å². The smallest absolute Gasteiger partial charge is 0.337 e. The minimum absolute atomic E-state index is 0.221. The van der Waals surface area contributed by atoms with Crippen molar-refractivity contribution in [2.75, 3.05) is 13.1 Å². The van der Waals surface area contributed by atoms with E-state index in [1.807, 2.05) is 0 Å². The third-order valence-electron chi connectivity index (χ3n) is 4.36. The number of hydrogen-bond donors (Lipinski definition) is 1. The molecule has 4 nitrogen and oxygen atoms in total. The van der Waals surface area contributed by atoms with Crippen molar-refractivity contribution in [1.29, 1.82) is 0 Å². The van der Waals surface area contributed by atoms with Crippen LogP contribution in [0.25, 0.3) is 0 Å². The summed E-state index contributed by atoms with van der Waals surface area (Å²) < 4.78 is 66.4. The molecular weight excluding hydrogens is 345 g/mol. The van der Waals surface area contributed by atoms with E-state index < -0.39 is 29.3 Å². The van der Waals surface area contributed by atoms with Crippen LogP contribution in [0.1, 0.15) is 40.4 Å². The van der Waals surface area contributed by atoms with Crippen LogP contribution in [0.3, 0.4) is 0 Å². The fraction of sp³-hybridized carbons (Fsp3) is 0.375. The number of amides is 1. The van der Waals surface area contributed by atoms with Crippen LogP contribution in [0, 0.1) is 11.6 Å². The highest BCUT2D eigenvalue weighted by atomic mass is 19.4. The van der Waals surface area contributed by atoms with Crippen LogP contribution in [0.15, 0.2) is 24.4 Å². The van der Waals surface area contributed by atoms with Gasteiger partial charge in [-0.15, -0.1) is 0 Å². The number of halogens is 5. The minimum Gasteiger partial charge on any atom is -0.337 e. The van der Waals surface area contributed by atoms with Crippen molar-refractivity contribution in [3.8, 4) is 0 Å². The summed E-state index contributed by atoms with van der Waals surface area (Å²) in [5, 5.41) is 6.22. The molecule has 1 aliphatic rings. The number of carbonyl (C=O) groups excluding carboxylic acids is 1. The topological polar surface area (TPSA) is 49.0 Å². The van der Waals surface area contributed by atoms with Gasteiger partial charge in [0.15, 0.2) is 11.6 Å². The summed E-state index contributed by atoms with van der Waals surface area (Å²) in [7, 11) is 0. The Bertz CT molecular complexity index is 765. The maximum Gasteiger partial charge on any atom is 0.419 e. The van der Waals surface area contributed by atoms with E-state index in [0.29, 0.717) is 11.8 Å². The van der Waals surface area contributed by atoms with Gasteiger partial charge in [-0.1, -0.05) is 6.07 Å². The molecule has 1 saturated heterocycles. The maximum absolute atomic E-state index is 13.7. The molecule has 0 saturated carbocycles. The van der Waals surface area contributed by atoms with Crippen molar-refractivity contribution >= 4 is 5.91 Å². The first-order valence-electron chi connectivity index (χ1n) is 7.62. The van der Waals surface area contributed by atoms with Crippen LogP contribution in [0.5, 0.6) is 0 Å². The Hall–Kier alpha value is -2.45. The summed E-state index contributed by atoms with van der Waals surface area (Å²) in [4.78, 5) is 13.7. The Labute approximate surface area is 139 Å². The van der Waals surface area contributed by atoms with Gasteiger partial charge in [0.25, 0.3) is 5.91 Å². The van der Waals surface area contributed by atoms with Gasteiger partial charge < -0.3 is 4.90 Å². The van der Waals surface area contributed by atoms with E-state index in [1.165, 1.54) is 17.2 Å². The van der Waals surface area contributed by atoms with Crippen molar-refractivity contribution in [3.05, 3.63) is 52.9 Å². The highest BCUT2D eigenvalue weighted by molar-refractivity contribution is 5.92. The zero-order valence-electron chi connectivity index (χ0n) is 12.9. The number of aromatic nitrogens is 2. The average molecular weight is 359 g/mol. The molecule has 0 radical (unpaired) electrons. The first-order valence-corrected chi connectivity index (χ1v) is 7.62. The van der Waals surface area contributed by atoms with E-state index in [4.69, 9.17) is 0 Å². The molecule has 1 amide bonds. The second-order valence-electron chi connectivity index (χ2n) is 5.86. The zero-order valence-corrected chi connectivity index (χ0v) is 12.9. The molecule has 1 aromatic carbocycles. The van der Waals surface area contributed by atoms with Gasteiger partial charge in [-0.05, 0) is 36.5 Å². The third-order valence-corrected chi connectivity index (χ3v) is 4.36. The van der Waals surface area contributed by atoms with Gasteiger partial charge in [0.2, 0.25) is 0 Å². The molecule has 25 heavy (non-hydrogen) atoms. The summed E-state index contributed by atoms with van der Waals surface area (Å²) >= 11 is 0. The van der Waals surface area contributed by atoms with Gasteiger partial charge in [0.05, 0.1) is 5.56 Å². The number of rotatable bonds is 2. The second-order valence-corrected chi connectivity index (χ2v) is 5.86. The molecule has 1 aromatic heterocycles. The minimum atomic E-state index is -4.98. The SMILES string of the molecule is O=C(c1ccn[nH]1)N1CCC(c2ccc(F)c(F)c2C(F)(F)F)CC1. The number of nitrogens with one attached hydrogen (secondary N) is 1. The molecule has 0 bridgehead atoms. The summed E-state index contributed by atoms with van der Waals surface area (Å²) in [5.41, 5.74) is -1.52. The number of H-pyrrole nitrogens is 1. The third kappa shape index (κ3) is 3.35. The van der Waals surface area contributed by atoms with E-state index in [0.717, 1.165) is 6.07 Å². The number of alkyl halides is 3. The van der Waals surface area contributed by atoms with Gasteiger partial charge >= 0.3 is 6.18 Å². The van der Waals surface area contributed by atoms with Crippen LogP contribution < -0.4 is 0 Å². The molecule has 2 heterocycles. The Balaban J connectivity index is 1.80. The lowest BCUT2D eigenvalue weighted by atomic mass is 9.86. The van der Waals surface area contributed by atoms with E-state index in [9.17, 15) is 26.7 Å². The number of aromatic amines is 1. The van der Waals surface area contributed by atoms with E-state index in [2.05, 4.69) is 10.2 Å². The molecule has 1 aliphatic heterocycles. The molecule has 0 aliphatic carbocycles. The monoisotopic (exact) mass is 359 g/mol. The van der Waals surface area contributed by atoms with Crippen LogP contribution in [-0.2, 0) is 6.18 Å². The van der Waals surface area contributed by atoms with E-state index >= 15 is 0 Å². The van der Waals surface area contributed by atoms with Crippen LogP contribution in [0.2, 0.25) is 0 Å². The van der Waals surface area contributed by atoms with Crippen LogP contribution >= 0.6 is 0 Å². The predicted molar refractivity (Wildman–Crippen MR) is 77.8 cm³/mol. The first kappa shape index (κ1) is 17.4. The van der Waals surface area contributed by atoms with Gasteiger partial charge in [-0.25, -0.2) is 8.78 Å². The number of benzene rings is 1. The molecule has 0 atom stereocenters. The normalized spacial score (nSPS) is 16.3. The standard InChI is InChI=1S/C16H14F5N3O/c17-11-2-1-10(13(14(11)18)16(19,20)21)9-4-7-24(8-5-9)15(25)12-3-6-22-23-12/h1-3,6,9H,4-5,7-8H2,(H,22,23). The summed E-state index contributed by atoms with van der Waals surface area (Å²) in [6.45, 7) is 0.442. The molecule has 1 N–H and O–H groups in total. The summed E-state index contributed by atoms with van der Waals surface area (Å²) in [6.07, 6.45) is -3.09. The number of piperidine rings is 1. The lowest BCUT2D eigenvalue weighted by molar-refractivity contribution is -0.141. The van der Waals surface area contributed by atoms with Crippen molar-refractivity contribution in [1.82, 2.24) is 15.1 Å². The van der Waals surface area contributed by atoms with Gasteiger partial charge in [0, 0.05) is 19.3 Å². The van der Waals surface area contributed by atoms with Crippen LogP contribution in [-0.4, -0.2) is 34.1 Å². The highest BCUT2D eigenvalue weighted by Crippen LogP contribution is 2.40. The van der Waals surface area contributed by atoms with E-state index in [-0.39, 0.29) is 37.4 Å². The molecule has 134 valence electrons. The molecule has 0 spiro atoms. The summed E-state index contributed by atoms with van der Waals surface area (Å²) in [6, 6.07) is 3.20. The van der Waals surface area contributed by atoms with Crippen molar-refractivity contribution in [2.45, 2.75) is 24.9 Å². The van der Waals surface area contributed by atoms with Gasteiger partial charge in [0.1, 0.15) is 5.69 Å². The first-order chi connectivity index (χ1) is 11.8. The number of nitrogens with zero attached hydrogens (tertiary/aromatic N) is 2. The Morgan fingerprint density at radius 1 is 1.16 bits per heavy atom. The second kappa shape index (κ2) is 6.45. The fourth-order valence-corrected chi connectivity index (χ4v) is 3.13. The average Bonchev–Trinajstić information content (AvgIpc) is 3.10. The zero-order chi connectivity index (χ0) is 18.2. The molecule has 9 heteroatoms. The Kier molecular flexibility index (Phi) is 4.49. The molecule has 1 fully saturated rings. The van der Waals surface area contributed by atoms with Crippen molar-refractivity contribution in [3.63, 3.8) is 0 Å². The maximum atomic E-state index is 13.7. The Morgan fingerprint density at radius 3 is 2.40 bits per heavy atom. The fourth-order valence-electron chi connectivity index (χ4n) is 3.13. The van der Waals surface area contributed by atoms with Gasteiger partial charge in [-0.3, -0.25) is 9.89 Å². The lowest BCUT2D eigenvalue weighted by Crippen LogP contribution is -2.38. The van der Waals surface area contributed by atoms with Crippen molar-refractivity contribution < 1.29 is 26.7 Å². The quantitative estimate of drug-likeness (QED) is 0.831. The van der Waals surface area contributed by atoms with Crippen LogP contribution in [0.4, 0.5) is 22.0 Å². The number of likely N-dealkylation sites (tertiary alicyclic amines) is 1. The largest absolute Gasteiger partial charge is 0.419 e. The molecule has 2 aromatic rings. The summed E-state index contributed by atoms with van der Waals surface area (Å²) in [5.74, 6) is -4.29. The molecule has 0 unspecified atom stereocenters. The number of carbonyl (C=O) groups is 1. The van der Waals surface area contributed by atoms with Gasteiger partial charge in [-0.2, -0.15) is 18.3 Å².